The number of amides is 1. The van der Waals surface area contributed by atoms with Gasteiger partial charge in [-0.1, -0.05) is 12.1 Å². The molecule has 0 aliphatic heterocycles. The third-order valence-corrected chi connectivity index (χ3v) is 2.31. The predicted octanol–water partition coefficient (Wildman–Crippen LogP) is 1.73. The number of hydrogen-bond donors (Lipinski definition) is 2. The van der Waals surface area contributed by atoms with E-state index in [9.17, 15) is 9.59 Å². The lowest BCUT2D eigenvalue weighted by atomic mass is 10.1. The summed E-state index contributed by atoms with van der Waals surface area (Å²) in [6, 6.07) is 5.96. The molecule has 0 saturated carbocycles. The van der Waals surface area contributed by atoms with Crippen LogP contribution in [0.4, 0.5) is 5.69 Å². The first-order valence-electron chi connectivity index (χ1n) is 6.09. The molecular weight excluding hydrogens is 244 g/mol. The van der Waals surface area contributed by atoms with Gasteiger partial charge in [-0.05, 0) is 39.8 Å². The second-order valence-electron chi connectivity index (χ2n) is 5.32. The Bertz CT molecular complexity index is 478. The maximum absolute atomic E-state index is 11.9. The Balaban J connectivity index is 2.67. The highest BCUT2D eigenvalue weighted by molar-refractivity contribution is 6.00. The van der Waals surface area contributed by atoms with Gasteiger partial charge in [-0.3, -0.25) is 4.79 Å². The van der Waals surface area contributed by atoms with Gasteiger partial charge < -0.3 is 15.8 Å². The van der Waals surface area contributed by atoms with Crippen LogP contribution < -0.4 is 11.1 Å². The van der Waals surface area contributed by atoms with Gasteiger partial charge in [0.15, 0.2) is 0 Å². The number of nitrogen functional groups attached to an aromatic ring is 1. The van der Waals surface area contributed by atoms with E-state index in [-0.39, 0.29) is 0 Å². The highest BCUT2D eigenvalue weighted by atomic mass is 16.6. The molecule has 1 unspecified atom stereocenters. The van der Waals surface area contributed by atoms with Gasteiger partial charge in [0, 0.05) is 5.69 Å². The van der Waals surface area contributed by atoms with Gasteiger partial charge in [0.1, 0.15) is 11.6 Å². The molecule has 0 spiro atoms. The number of para-hydroxylation sites is 1. The molecule has 5 heteroatoms. The van der Waals surface area contributed by atoms with Crippen LogP contribution in [-0.2, 0) is 9.53 Å². The Morgan fingerprint density at radius 3 is 2.37 bits per heavy atom. The number of nitrogens with two attached hydrogens (primary N) is 1. The van der Waals surface area contributed by atoms with Crippen molar-refractivity contribution in [2.75, 3.05) is 5.73 Å². The van der Waals surface area contributed by atoms with E-state index in [0.29, 0.717) is 11.3 Å². The van der Waals surface area contributed by atoms with Crippen molar-refractivity contribution in [1.82, 2.24) is 5.32 Å². The molecule has 1 amide bonds. The van der Waals surface area contributed by atoms with Crippen molar-refractivity contribution >= 4 is 17.6 Å². The number of carbonyl (C=O) groups excluding carboxylic acids is 2. The minimum Gasteiger partial charge on any atom is -0.458 e. The van der Waals surface area contributed by atoms with Crippen LogP contribution in [0.3, 0.4) is 0 Å². The van der Waals surface area contributed by atoms with Crippen LogP contribution in [-0.4, -0.2) is 23.5 Å². The topological polar surface area (TPSA) is 81.4 Å². The monoisotopic (exact) mass is 264 g/mol. The molecule has 1 aromatic carbocycles. The minimum absolute atomic E-state index is 0.345. The molecule has 0 aromatic heterocycles. The summed E-state index contributed by atoms with van der Waals surface area (Å²) < 4.78 is 5.18. The highest BCUT2D eigenvalue weighted by Gasteiger charge is 2.23. The summed E-state index contributed by atoms with van der Waals surface area (Å²) >= 11 is 0. The summed E-state index contributed by atoms with van der Waals surface area (Å²) in [4.78, 5) is 23.7. The van der Waals surface area contributed by atoms with E-state index in [1.54, 1.807) is 52.0 Å². The molecule has 104 valence electrons. The van der Waals surface area contributed by atoms with Crippen molar-refractivity contribution in [2.45, 2.75) is 39.3 Å². The Kier molecular flexibility index (Phi) is 4.53. The van der Waals surface area contributed by atoms with Gasteiger partial charge in [0.05, 0.1) is 5.56 Å². The maximum Gasteiger partial charge on any atom is 0.328 e. The maximum atomic E-state index is 11.9. The summed E-state index contributed by atoms with van der Waals surface area (Å²) in [6.45, 7) is 6.89. The number of benzene rings is 1. The first kappa shape index (κ1) is 15.0. The third-order valence-electron chi connectivity index (χ3n) is 2.31. The lowest BCUT2D eigenvalue weighted by molar-refractivity contribution is -0.156. The molecule has 1 atom stereocenters. The fourth-order valence-corrected chi connectivity index (χ4v) is 1.43. The molecule has 1 rings (SSSR count). The van der Waals surface area contributed by atoms with Crippen molar-refractivity contribution in [3.8, 4) is 0 Å². The molecule has 0 fully saturated rings. The van der Waals surface area contributed by atoms with E-state index in [0.717, 1.165) is 0 Å². The van der Waals surface area contributed by atoms with Gasteiger partial charge in [0.2, 0.25) is 0 Å². The van der Waals surface area contributed by atoms with Crippen molar-refractivity contribution in [3.05, 3.63) is 29.8 Å². The Morgan fingerprint density at radius 2 is 1.84 bits per heavy atom. The molecule has 0 bridgehead atoms. The number of esters is 1. The third kappa shape index (κ3) is 4.62. The zero-order valence-electron chi connectivity index (χ0n) is 11.7. The lowest BCUT2D eigenvalue weighted by Crippen LogP contribution is -2.42. The fraction of sp³-hybridized carbons (Fsp3) is 0.429. The fourth-order valence-electron chi connectivity index (χ4n) is 1.43. The van der Waals surface area contributed by atoms with Crippen molar-refractivity contribution in [2.24, 2.45) is 0 Å². The van der Waals surface area contributed by atoms with Gasteiger partial charge in [-0.25, -0.2) is 4.79 Å². The largest absolute Gasteiger partial charge is 0.458 e. The van der Waals surface area contributed by atoms with Crippen LogP contribution in [0.1, 0.15) is 38.1 Å². The van der Waals surface area contributed by atoms with Gasteiger partial charge in [0.25, 0.3) is 5.91 Å². The summed E-state index contributed by atoms with van der Waals surface area (Å²) in [7, 11) is 0. The second-order valence-corrected chi connectivity index (χ2v) is 5.32. The van der Waals surface area contributed by atoms with Gasteiger partial charge in [-0.15, -0.1) is 0 Å². The quantitative estimate of drug-likeness (QED) is 0.643. The van der Waals surface area contributed by atoms with Gasteiger partial charge >= 0.3 is 5.97 Å². The van der Waals surface area contributed by atoms with E-state index in [4.69, 9.17) is 10.5 Å². The van der Waals surface area contributed by atoms with Crippen LogP contribution >= 0.6 is 0 Å². The SMILES string of the molecule is CC(NC(=O)c1ccccc1N)C(=O)OC(C)(C)C. The Hall–Kier alpha value is -2.04. The Morgan fingerprint density at radius 1 is 1.26 bits per heavy atom. The summed E-state index contributed by atoms with van der Waals surface area (Å²) in [5, 5.41) is 2.57. The minimum atomic E-state index is -0.730. The summed E-state index contributed by atoms with van der Waals surface area (Å²) in [5.41, 5.74) is 5.83. The average Bonchev–Trinajstić information content (AvgIpc) is 2.27. The Labute approximate surface area is 113 Å². The van der Waals surface area contributed by atoms with Crippen molar-refractivity contribution < 1.29 is 14.3 Å². The molecule has 0 aliphatic carbocycles. The average molecular weight is 264 g/mol. The molecule has 0 radical (unpaired) electrons. The van der Waals surface area contributed by atoms with E-state index >= 15 is 0 Å². The molecule has 3 N–H and O–H groups in total. The standard InChI is InChI=1S/C14H20N2O3/c1-9(13(18)19-14(2,3)4)16-12(17)10-7-5-6-8-11(10)15/h5-9H,15H2,1-4H3,(H,16,17). The number of hydrogen-bond acceptors (Lipinski definition) is 4. The molecule has 5 nitrogen and oxygen atoms in total. The summed E-state index contributed by atoms with van der Waals surface area (Å²) in [6.07, 6.45) is 0. The molecule has 19 heavy (non-hydrogen) atoms. The predicted molar refractivity (Wildman–Crippen MR) is 73.6 cm³/mol. The lowest BCUT2D eigenvalue weighted by Gasteiger charge is -2.22. The van der Waals surface area contributed by atoms with Crippen molar-refractivity contribution in [3.63, 3.8) is 0 Å². The summed E-state index contributed by atoms with van der Waals surface area (Å²) in [5.74, 6) is -0.869. The smallest absolute Gasteiger partial charge is 0.328 e. The van der Waals surface area contributed by atoms with Gasteiger partial charge in [-0.2, -0.15) is 0 Å². The number of ether oxygens (including phenoxy) is 1. The highest BCUT2D eigenvalue weighted by Crippen LogP contribution is 2.11. The zero-order valence-corrected chi connectivity index (χ0v) is 11.7. The number of rotatable bonds is 3. The second kappa shape index (κ2) is 5.73. The van der Waals surface area contributed by atoms with Crippen molar-refractivity contribution in [1.29, 1.82) is 0 Å². The van der Waals surface area contributed by atoms with E-state index < -0.39 is 23.5 Å². The van der Waals surface area contributed by atoms with Crippen LogP contribution in [0, 0.1) is 0 Å². The molecule has 0 aliphatic rings. The number of nitrogens with one attached hydrogen (secondary N) is 1. The molecule has 0 heterocycles. The normalized spacial score (nSPS) is 12.6. The van der Waals surface area contributed by atoms with E-state index in [1.165, 1.54) is 0 Å². The molecule has 0 saturated heterocycles. The molecular formula is C14H20N2O3. The zero-order chi connectivity index (χ0) is 14.6. The first-order chi connectivity index (χ1) is 8.70. The first-order valence-corrected chi connectivity index (χ1v) is 6.09. The van der Waals surface area contributed by atoms with Crippen LogP contribution in [0.5, 0.6) is 0 Å². The number of anilines is 1. The van der Waals surface area contributed by atoms with Crippen LogP contribution in [0.15, 0.2) is 24.3 Å². The van der Waals surface area contributed by atoms with Crippen LogP contribution in [0.2, 0.25) is 0 Å². The number of carbonyl (C=O) groups is 2. The van der Waals surface area contributed by atoms with Crippen LogP contribution in [0.25, 0.3) is 0 Å². The molecule has 1 aromatic rings. The van der Waals surface area contributed by atoms with E-state index in [1.807, 2.05) is 0 Å². The van der Waals surface area contributed by atoms with E-state index in [2.05, 4.69) is 5.32 Å².